The monoisotopic (exact) mass is 468 g/mol. The molecule has 0 radical (unpaired) electrons. The van der Waals surface area contributed by atoms with Gasteiger partial charge < -0.3 is 14.6 Å². The first-order valence-electron chi connectivity index (χ1n) is 11.0. The fraction of sp³-hybridized carbons (Fsp3) is 0.0667. The number of rotatable bonds is 10. The molecule has 0 aliphatic heterocycles. The molecule has 0 aliphatic rings. The SMILES string of the molecule is C/C=C/C=C/C=C/C(=O)Oc1cc(/C=C/c2ccc(O)cc2)cc(OC(=O)/C=C/C=C/C=C/C)c1. The Morgan fingerprint density at radius 3 is 1.57 bits per heavy atom. The van der Waals surface area contributed by atoms with Crippen molar-refractivity contribution < 1.29 is 24.2 Å². The summed E-state index contributed by atoms with van der Waals surface area (Å²) in [6.45, 7) is 3.79. The number of allylic oxidation sites excluding steroid dienone is 10. The van der Waals surface area contributed by atoms with Crippen molar-refractivity contribution in [3.05, 3.63) is 127 Å². The van der Waals surface area contributed by atoms with E-state index in [1.807, 2.05) is 44.2 Å². The van der Waals surface area contributed by atoms with Crippen LogP contribution in [0, 0.1) is 0 Å². The number of benzene rings is 2. The second-order valence-electron chi connectivity index (χ2n) is 7.04. The first-order chi connectivity index (χ1) is 17.0. The van der Waals surface area contributed by atoms with E-state index in [0.717, 1.165) is 5.56 Å². The molecule has 2 rings (SSSR count). The molecule has 0 unspecified atom stereocenters. The molecule has 0 fully saturated rings. The number of carbonyl (C=O) groups excluding carboxylic acids is 2. The Morgan fingerprint density at radius 1 is 0.629 bits per heavy atom. The summed E-state index contributed by atoms with van der Waals surface area (Å²) in [6, 6.07) is 11.5. The van der Waals surface area contributed by atoms with Crippen molar-refractivity contribution in [1.82, 2.24) is 0 Å². The van der Waals surface area contributed by atoms with Gasteiger partial charge in [0.25, 0.3) is 0 Å². The predicted octanol–water partition coefficient (Wildman–Crippen LogP) is 6.75. The van der Waals surface area contributed by atoms with Gasteiger partial charge >= 0.3 is 11.9 Å². The molecule has 0 aromatic heterocycles. The molecule has 0 amide bonds. The van der Waals surface area contributed by atoms with Crippen LogP contribution in [0.2, 0.25) is 0 Å². The highest BCUT2D eigenvalue weighted by atomic mass is 16.5. The van der Waals surface area contributed by atoms with Crippen molar-refractivity contribution in [2.75, 3.05) is 0 Å². The molecular weight excluding hydrogens is 440 g/mol. The maximum atomic E-state index is 12.2. The molecule has 0 saturated heterocycles. The normalized spacial score (nSPS) is 12.4. The van der Waals surface area contributed by atoms with Crippen molar-refractivity contribution in [1.29, 1.82) is 0 Å². The smallest absolute Gasteiger partial charge is 0.336 e. The summed E-state index contributed by atoms with van der Waals surface area (Å²) in [5.41, 5.74) is 1.51. The van der Waals surface area contributed by atoms with Gasteiger partial charge in [-0.2, -0.15) is 0 Å². The molecule has 2 aromatic rings. The maximum Gasteiger partial charge on any atom is 0.336 e. The summed E-state index contributed by atoms with van der Waals surface area (Å²) in [6.07, 6.45) is 23.8. The van der Waals surface area contributed by atoms with Gasteiger partial charge in [-0.05, 0) is 49.2 Å². The molecule has 0 saturated carbocycles. The van der Waals surface area contributed by atoms with Crippen LogP contribution in [0.1, 0.15) is 25.0 Å². The van der Waals surface area contributed by atoms with Crippen LogP contribution < -0.4 is 9.47 Å². The largest absolute Gasteiger partial charge is 0.508 e. The molecule has 0 atom stereocenters. The zero-order chi connectivity index (χ0) is 25.3. The molecule has 5 nitrogen and oxygen atoms in total. The number of carbonyl (C=O) groups is 2. The van der Waals surface area contributed by atoms with Crippen LogP contribution >= 0.6 is 0 Å². The van der Waals surface area contributed by atoms with Crippen LogP contribution in [-0.2, 0) is 9.59 Å². The van der Waals surface area contributed by atoms with E-state index in [1.54, 1.807) is 78.9 Å². The van der Waals surface area contributed by atoms with E-state index in [2.05, 4.69) is 0 Å². The average Bonchev–Trinajstić information content (AvgIpc) is 2.83. The number of aromatic hydroxyl groups is 1. The third-order valence-corrected chi connectivity index (χ3v) is 4.22. The molecule has 0 bridgehead atoms. The number of ether oxygens (including phenoxy) is 2. The van der Waals surface area contributed by atoms with Crippen LogP contribution in [0.3, 0.4) is 0 Å². The van der Waals surface area contributed by atoms with Gasteiger partial charge in [0, 0.05) is 18.2 Å². The van der Waals surface area contributed by atoms with Gasteiger partial charge in [0.15, 0.2) is 0 Å². The van der Waals surface area contributed by atoms with E-state index in [0.29, 0.717) is 5.56 Å². The molecule has 0 aliphatic carbocycles. The lowest BCUT2D eigenvalue weighted by Crippen LogP contribution is -2.06. The fourth-order valence-corrected chi connectivity index (χ4v) is 2.63. The minimum Gasteiger partial charge on any atom is -0.508 e. The van der Waals surface area contributed by atoms with E-state index in [1.165, 1.54) is 18.2 Å². The highest BCUT2D eigenvalue weighted by Gasteiger charge is 2.08. The molecule has 2 aromatic carbocycles. The summed E-state index contributed by atoms with van der Waals surface area (Å²) in [4.78, 5) is 24.4. The highest BCUT2D eigenvalue weighted by molar-refractivity contribution is 5.86. The average molecular weight is 469 g/mol. The van der Waals surface area contributed by atoms with Gasteiger partial charge in [0.05, 0.1) is 0 Å². The Balaban J connectivity index is 2.23. The summed E-state index contributed by atoms with van der Waals surface area (Å²) < 4.78 is 10.8. The molecule has 0 heterocycles. The van der Waals surface area contributed by atoms with Gasteiger partial charge in [0.1, 0.15) is 17.2 Å². The lowest BCUT2D eigenvalue weighted by Gasteiger charge is -2.07. The summed E-state index contributed by atoms with van der Waals surface area (Å²) in [7, 11) is 0. The Kier molecular flexibility index (Phi) is 11.6. The van der Waals surface area contributed by atoms with Crippen molar-refractivity contribution in [2.24, 2.45) is 0 Å². The van der Waals surface area contributed by atoms with E-state index >= 15 is 0 Å². The minimum atomic E-state index is -0.568. The van der Waals surface area contributed by atoms with Crippen LogP contribution in [-0.4, -0.2) is 17.0 Å². The van der Waals surface area contributed by atoms with Gasteiger partial charge in [-0.15, -0.1) is 0 Å². The molecule has 35 heavy (non-hydrogen) atoms. The molecule has 5 heteroatoms. The summed E-state index contributed by atoms with van der Waals surface area (Å²) in [5, 5.41) is 9.44. The van der Waals surface area contributed by atoms with E-state index < -0.39 is 11.9 Å². The van der Waals surface area contributed by atoms with Crippen molar-refractivity contribution in [3.63, 3.8) is 0 Å². The van der Waals surface area contributed by atoms with E-state index in [9.17, 15) is 14.7 Å². The lowest BCUT2D eigenvalue weighted by molar-refractivity contribution is -0.129. The topological polar surface area (TPSA) is 72.8 Å². The van der Waals surface area contributed by atoms with Crippen molar-refractivity contribution in [3.8, 4) is 17.2 Å². The molecule has 178 valence electrons. The fourth-order valence-electron chi connectivity index (χ4n) is 2.63. The van der Waals surface area contributed by atoms with Crippen molar-refractivity contribution in [2.45, 2.75) is 13.8 Å². The van der Waals surface area contributed by atoms with E-state index in [4.69, 9.17) is 9.47 Å². The van der Waals surface area contributed by atoms with Gasteiger partial charge in [-0.3, -0.25) is 0 Å². The second kappa shape index (κ2) is 15.2. The number of phenols is 1. The predicted molar refractivity (Wildman–Crippen MR) is 141 cm³/mol. The van der Waals surface area contributed by atoms with Gasteiger partial charge in [-0.1, -0.05) is 85.0 Å². The Bertz CT molecular complexity index is 1130. The number of phenolic OH excluding ortho intramolecular Hbond substituents is 1. The molecule has 1 N–H and O–H groups in total. The van der Waals surface area contributed by atoms with Crippen LogP contribution in [0.4, 0.5) is 0 Å². The van der Waals surface area contributed by atoms with Crippen LogP contribution in [0.25, 0.3) is 12.2 Å². The van der Waals surface area contributed by atoms with Crippen molar-refractivity contribution >= 4 is 24.1 Å². The third-order valence-electron chi connectivity index (χ3n) is 4.22. The standard InChI is InChI=1S/C30H28O5/c1-3-5-7-9-11-13-29(32)34-27-21-25(16-15-24-17-19-26(31)20-18-24)22-28(23-27)35-30(33)14-12-10-8-6-4-2/h3-23,31H,1-2H3/b5-3+,6-4+,9-7+,10-8+,13-11+,14-12+,16-15+. The summed E-state index contributed by atoms with van der Waals surface area (Å²) >= 11 is 0. The van der Waals surface area contributed by atoms with E-state index in [-0.39, 0.29) is 17.2 Å². The quantitative estimate of drug-likeness (QED) is 0.137. The maximum absolute atomic E-state index is 12.2. The van der Waals surface area contributed by atoms with Gasteiger partial charge in [-0.25, -0.2) is 9.59 Å². The van der Waals surface area contributed by atoms with Crippen LogP contribution in [0.15, 0.2) is 115 Å². The third kappa shape index (κ3) is 11.2. The summed E-state index contributed by atoms with van der Waals surface area (Å²) in [5.74, 6) is -0.510. The number of hydrogen-bond donors (Lipinski definition) is 1. The first-order valence-corrected chi connectivity index (χ1v) is 11.0. The van der Waals surface area contributed by atoms with Gasteiger partial charge in [0.2, 0.25) is 0 Å². The number of hydrogen-bond acceptors (Lipinski definition) is 5. The Labute approximate surface area is 206 Å². The second-order valence-corrected chi connectivity index (χ2v) is 7.04. The molecule has 0 spiro atoms. The Hall–Kier alpha value is -4.64. The zero-order valence-corrected chi connectivity index (χ0v) is 19.7. The lowest BCUT2D eigenvalue weighted by atomic mass is 10.1. The van der Waals surface area contributed by atoms with Crippen LogP contribution in [0.5, 0.6) is 17.2 Å². The number of esters is 2. The molecular formula is C30H28O5. The highest BCUT2D eigenvalue weighted by Crippen LogP contribution is 2.25. The zero-order valence-electron chi connectivity index (χ0n) is 19.7. The minimum absolute atomic E-state index is 0.174. The first kappa shape index (κ1) is 26.6. The Morgan fingerprint density at radius 2 is 1.09 bits per heavy atom.